The van der Waals surface area contributed by atoms with Crippen molar-refractivity contribution < 1.29 is 28.8 Å². The second-order valence-corrected chi connectivity index (χ2v) is 8.75. The summed E-state index contributed by atoms with van der Waals surface area (Å²) in [6, 6.07) is 11.5. The van der Waals surface area contributed by atoms with Crippen molar-refractivity contribution >= 4 is 29.1 Å². The summed E-state index contributed by atoms with van der Waals surface area (Å²) in [5.41, 5.74) is 2.24. The first-order chi connectivity index (χ1) is 15.5. The molecule has 0 aromatic heterocycles. The Morgan fingerprint density at radius 3 is 2.47 bits per heavy atom. The molecule has 2 heterocycles. The van der Waals surface area contributed by atoms with E-state index in [4.69, 9.17) is 23.9 Å². The van der Waals surface area contributed by atoms with Crippen LogP contribution < -0.4 is 14.2 Å². The number of thioether (sulfide) groups is 1. The van der Waals surface area contributed by atoms with Crippen LogP contribution in [0.2, 0.25) is 0 Å². The number of fused-ring (bicyclic) bond motifs is 1. The lowest BCUT2D eigenvalue weighted by molar-refractivity contribution is -0.144. The lowest BCUT2D eigenvalue weighted by atomic mass is 9.96. The highest BCUT2D eigenvalue weighted by atomic mass is 32.2. The van der Waals surface area contributed by atoms with Gasteiger partial charge in [0.2, 0.25) is 5.75 Å². The molecule has 8 heteroatoms. The Balaban J connectivity index is 1.86. The minimum Gasteiger partial charge on any atom is -0.511 e. The summed E-state index contributed by atoms with van der Waals surface area (Å²) >= 11 is 1.62. The minimum absolute atomic E-state index is 0.00917. The van der Waals surface area contributed by atoms with Gasteiger partial charge < -0.3 is 24.1 Å². The number of carbonyl (C=O) groups is 1. The normalized spacial score (nSPS) is 20.6. The summed E-state index contributed by atoms with van der Waals surface area (Å²) in [5.74, 6) is 1.07. The summed E-state index contributed by atoms with van der Waals surface area (Å²) < 4.78 is 22.1. The second-order valence-electron chi connectivity index (χ2n) is 7.50. The number of ether oxygens (including phenoxy) is 4. The predicted molar refractivity (Wildman–Crippen MR) is 123 cm³/mol. The lowest BCUT2D eigenvalue weighted by Gasteiger charge is -2.24. The minimum atomic E-state index is -0.553. The first kappa shape index (κ1) is 22.1. The summed E-state index contributed by atoms with van der Waals surface area (Å²) in [6.07, 6.45) is 0.272. The van der Waals surface area contributed by atoms with Gasteiger partial charge in [0.1, 0.15) is 17.4 Å². The summed E-state index contributed by atoms with van der Waals surface area (Å²) in [7, 11) is 4.72. The monoisotopic (exact) mass is 455 g/mol. The van der Waals surface area contributed by atoms with Crippen molar-refractivity contribution in [3.63, 3.8) is 0 Å². The lowest BCUT2D eigenvalue weighted by Crippen LogP contribution is -2.28. The van der Waals surface area contributed by atoms with Crippen molar-refractivity contribution in [2.75, 3.05) is 21.3 Å². The van der Waals surface area contributed by atoms with E-state index in [9.17, 15) is 9.90 Å². The smallest absolute Gasteiger partial charge is 0.343 e. The van der Waals surface area contributed by atoms with Gasteiger partial charge in [0, 0.05) is 28.6 Å². The molecule has 2 aromatic carbocycles. The van der Waals surface area contributed by atoms with Crippen molar-refractivity contribution in [3.05, 3.63) is 53.3 Å². The Morgan fingerprint density at radius 1 is 1.03 bits per heavy atom. The molecule has 0 aliphatic carbocycles. The van der Waals surface area contributed by atoms with Crippen molar-refractivity contribution in [3.8, 4) is 17.2 Å². The van der Waals surface area contributed by atoms with Gasteiger partial charge in [-0.3, -0.25) is 4.99 Å². The third-order valence-electron chi connectivity index (χ3n) is 5.42. The van der Waals surface area contributed by atoms with Crippen molar-refractivity contribution in [1.82, 2.24) is 0 Å². The second kappa shape index (κ2) is 9.16. The Labute approximate surface area is 191 Å². The van der Waals surface area contributed by atoms with E-state index in [1.807, 2.05) is 36.4 Å². The van der Waals surface area contributed by atoms with Gasteiger partial charge in [0.05, 0.1) is 32.7 Å². The topological polar surface area (TPSA) is 86.6 Å². The highest BCUT2D eigenvalue weighted by Gasteiger charge is 2.34. The van der Waals surface area contributed by atoms with Crippen LogP contribution >= 0.6 is 11.8 Å². The molecular formula is C24H25NO6S. The van der Waals surface area contributed by atoms with Gasteiger partial charge in [0.25, 0.3) is 0 Å². The predicted octanol–water partition coefficient (Wildman–Crippen LogP) is 5.17. The van der Waals surface area contributed by atoms with E-state index < -0.39 is 5.97 Å². The highest BCUT2D eigenvalue weighted by molar-refractivity contribution is 7.99. The van der Waals surface area contributed by atoms with Gasteiger partial charge in [-0.1, -0.05) is 18.2 Å². The molecule has 2 aliphatic heterocycles. The molecule has 2 atom stereocenters. The average molecular weight is 456 g/mol. The van der Waals surface area contributed by atoms with Crippen LogP contribution in [0.5, 0.6) is 17.2 Å². The fourth-order valence-electron chi connectivity index (χ4n) is 3.98. The van der Waals surface area contributed by atoms with Crippen LogP contribution in [0.25, 0.3) is 0 Å². The Morgan fingerprint density at radius 2 is 1.78 bits per heavy atom. The number of aliphatic hydroxyl groups is 1. The molecule has 4 rings (SSSR count). The number of hydrogen-bond donors (Lipinski definition) is 1. The molecule has 0 saturated carbocycles. The molecular weight excluding hydrogens is 430 g/mol. The standard InChI is InChI=1S/C24H25NO6S/c1-13-11-17(26)21(24(27)31-13)16-12-20(32-19-8-6-5-7-15(19)25-16)14-9-10-18(28-2)23(30-4)22(14)29-3/h5-10,13,20,26H,11-12H2,1-4H3. The van der Waals surface area contributed by atoms with Crippen LogP contribution in [0.1, 0.15) is 30.6 Å². The van der Waals surface area contributed by atoms with Gasteiger partial charge in [-0.2, -0.15) is 0 Å². The zero-order chi connectivity index (χ0) is 22.8. The number of methoxy groups -OCH3 is 3. The molecule has 0 spiro atoms. The fourth-order valence-corrected chi connectivity index (χ4v) is 5.23. The Hall–Kier alpha value is -3.13. The number of benzene rings is 2. The maximum Gasteiger partial charge on any atom is 0.343 e. The Bertz CT molecular complexity index is 1110. The summed E-state index contributed by atoms with van der Waals surface area (Å²) in [6.45, 7) is 1.75. The van der Waals surface area contributed by atoms with E-state index in [0.29, 0.717) is 29.4 Å². The van der Waals surface area contributed by atoms with Gasteiger partial charge in [0.15, 0.2) is 11.5 Å². The van der Waals surface area contributed by atoms with Crippen LogP contribution in [0.3, 0.4) is 0 Å². The number of rotatable bonds is 5. The molecule has 2 aliphatic rings. The number of carbonyl (C=O) groups excluding carboxylic acids is 1. The molecule has 32 heavy (non-hydrogen) atoms. The van der Waals surface area contributed by atoms with Crippen LogP contribution in [-0.4, -0.2) is 44.2 Å². The molecule has 168 valence electrons. The molecule has 2 unspecified atom stereocenters. The summed E-state index contributed by atoms with van der Waals surface area (Å²) in [4.78, 5) is 18.4. The van der Waals surface area contributed by atoms with Gasteiger partial charge in [-0.15, -0.1) is 11.8 Å². The number of cyclic esters (lactones) is 1. The first-order valence-electron chi connectivity index (χ1n) is 10.2. The molecule has 7 nitrogen and oxygen atoms in total. The fraction of sp³-hybridized carbons (Fsp3) is 0.333. The van der Waals surface area contributed by atoms with E-state index in [0.717, 1.165) is 16.1 Å². The van der Waals surface area contributed by atoms with Crippen molar-refractivity contribution in [2.45, 2.75) is 36.0 Å². The number of nitrogens with zero attached hydrogens (tertiary/aromatic N) is 1. The molecule has 0 radical (unpaired) electrons. The molecule has 0 amide bonds. The van der Waals surface area contributed by atoms with Gasteiger partial charge >= 0.3 is 5.97 Å². The van der Waals surface area contributed by atoms with Crippen LogP contribution in [0.4, 0.5) is 5.69 Å². The van der Waals surface area contributed by atoms with Crippen molar-refractivity contribution in [1.29, 1.82) is 0 Å². The van der Waals surface area contributed by atoms with Crippen molar-refractivity contribution in [2.24, 2.45) is 4.99 Å². The largest absolute Gasteiger partial charge is 0.511 e. The number of aliphatic imine (C=N–C) groups is 1. The van der Waals surface area contributed by atoms with E-state index in [1.165, 1.54) is 0 Å². The first-order valence-corrected chi connectivity index (χ1v) is 11.1. The highest BCUT2D eigenvalue weighted by Crippen LogP contribution is 2.51. The number of esters is 1. The van der Waals surface area contributed by atoms with Gasteiger partial charge in [-0.05, 0) is 25.1 Å². The number of para-hydroxylation sites is 1. The number of aliphatic hydroxyl groups excluding tert-OH is 1. The zero-order valence-electron chi connectivity index (χ0n) is 18.4. The third kappa shape index (κ3) is 4.02. The van der Waals surface area contributed by atoms with E-state index in [-0.39, 0.29) is 29.1 Å². The SMILES string of the molecule is COc1ccc(C2CC(C3=C(O)CC(C)OC3=O)=Nc3ccccc3S2)c(OC)c1OC. The molecule has 0 bridgehead atoms. The average Bonchev–Trinajstić information content (AvgIpc) is 2.96. The Kier molecular flexibility index (Phi) is 6.32. The summed E-state index contributed by atoms with van der Waals surface area (Å²) in [5, 5.41) is 10.5. The zero-order valence-corrected chi connectivity index (χ0v) is 19.2. The van der Waals surface area contributed by atoms with E-state index >= 15 is 0 Å². The molecule has 0 fully saturated rings. The molecule has 0 saturated heterocycles. The van der Waals surface area contributed by atoms with Crippen LogP contribution in [-0.2, 0) is 9.53 Å². The quantitative estimate of drug-likeness (QED) is 0.623. The van der Waals surface area contributed by atoms with Gasteiger partial charge in [-0.25, -0.2) is 4.79 Å². The van der Waals surface area contributed by atoms with E-state index in [2.05, 4.69) is 0 Å². The third-order valence-corrected chi connectivity index (χ3v) is 6.72. The molecule has 2 aromatic rings. The van der Waals surface area contributed by atoms with E-state index in [1.54, 1.807) is 40.0 Å². The number of hydrogen-bond acceptors (Lipinski definition) is 8. The maximum atomic E-state index is 12.7. The van der Waals surface area contributed by atoms with Crippen LogP contribution in [0.15, 0.2) is 57.6 Å². The maximum absolute atomic E-state index is 12.7. The van der Waals surface area contributed by atoms with Crippen LogP contribution in [0, 0.1) is 0 Å². The molecule has 1 N–H and O–H groups in total.